The minimum Gasteiger partial charge on any atom is -0.335 e. The number of thiazole rings is 1. The van der Waals surface area contributed by atoms with E-state index in [1.165, 1.54) is 23.7 Å². The third-order valence-corrected chi connectivity index (χ3v) is 6.54. The van der Waals surface area contributed by atoms with Gasteiger partial charge in [0.25, 0.3) is 5.91 Å². The fraction of sp³-hybridized carbons (Fsp3) is 0.400. The smallest absolute Gasteiger partial charge is 0.267 e. The second-order valence-corrected chi connectivity index (χ2v) is 8.70. The predicted molar refractivity (Wildman–Crippen MR) is 113 cm³/mol. The number of nitrogens with zero attached hydrogens (tertiary/aromatic N) is 5. The number of hydrogen-bond acceptors (Lipinski definition) is 7. The zero-order chi connectivity index (χ0) is 20.2. The minimum atomic E-state index is -0.243. The van der Waals surface area contributed by atoms with Gasteiger partial charge >= 0.3 is 0 Å². The summed E-state index contributed by atoms with van der Waals surface area (Å²) in [5.41, 5.74) is 2.62. The minimum absolute atomic E-state index is 0.0518. The second kappa shape index (κ2) is 9.06. The van der Waals surface area contributed by atoms with Crippen molar-refractivity contribution in [2.45, 2.75) is 26.3 Å². The van der Waals surface area contributed by atoms with Gasteiger partial charge in [-0.15, -0.1) is 16.4 Å². The van der Waals surface area contributed by atoms with Crippen molar-refractivity contribution >= 4 is 28.8 Å². The van der Waals surface area contributed by atoms with Crippen molar-refractivity contribution in [3.05, 3.63) is 51.0 Å². The molecule has 3 aromatic rings. The Hall–Kier alpha value is -2.23. The molecule has 0 atom stereocenters. The normalized spacial score (nSPS) is 15.0. The van der Waals surface area contributed by atoms with E-state index in [9.17, 15) is 9.18 Å². The number of carbonyl (C=O) groups excluding carboxylic acids is 1. The Balaban J connectivity index is 1.33. The number of aromatic nitrogens is 3. The van der Waals surface area contributed by atoms with Crippen LogP contribution in [0.1, 0.15) is 33.7 Å². The molecule has 6 nitrogen and oxygen atoms in total. The highest BCUT2D eigenvalue weighted by atomic mass is 32.1. The average Bonchev–Trinajstić information content (AvgIpc) is 3.39. The van der Waals surface area contributed by atoms with Gasteiger partial charge in [0.2, 0.25) is 0 Å². The molecule has 3 heterocycles. The zero-order valence-corrected chi connectivity index (χ0v) is 17.8. The summed E-state index contributed by atoms with van der Waals surface area (Å²) in [4.78, 5) is 22.4. The maximum Gasteiger partial charge on any atom is 0.267 e. The van der Waals surface area contributed by atoms with Crippen LogP contribution in [0, 0.1) is 5.82 Å². The zero-order valence-electron chi connectivity index (χ0n) is 16.2. The van der Waals surface area contributed by atoms with Gasteiger partial charge in [-0.2, -0.15) is 0 Å². The van der Waals surface area contributed by atoms with Crippen molar-refractivity contribution in [2.24, 2.45) is 0 Å². The molecule has 29 heavy (non-hydrogen) atoms. The van der Waals surface area contributed by atoms with Gasteiger partial charge in [0.1, 0.15) is 15.7 Å². The van der Waals surface area contributed by atoms with Gasteiger partial charge in [-0.3, -0.25) is 9.69 Å². The van der Waals surface area contributed by atoms with Crippen LogP contribution in [-0.2, 0) is 13.0 Å². The topological polar surface area (TPSA) is 62.2 Å². The summed E-state index contributed by atoms with van der Waals surface area (Å²) in [5.74, 6) is -0.191. The molecule has 1 aliphatic rings. The van der Waals surface area contributed by atoms with E-state index >= 15 is 0 Å². The Bertz CT molecular complexity index is 963. The van der Waals surface area contributed by atoms with Gasteiger partial charge in [-0.1, -0.05) is 17.8 Å². The first-order valence-corrected chi connectivity index (χ1v) is 11.3. The molecule has 2 aromatic heterocycles. The lowest BCUT2D eigenvalue weighted by molar-refractivity contribution is 0.0632. The highest BCUT2D eigenvalue weighted by Gasteiger charge is 2.26. The Morgan fingerprint density at radius 1 is 1.17 bits per heavy atom. The number of halogens is 1. The summed E-state index contributed by atoms with van der Waals surface area (Å²) in [6, 6.07) is 6.41. The summed E-state index contributed by atoms with van der Waals surface area (Å²) >= 11 is 2.81. The van der Waals surface area contributed by atoms with Gasteiger partial charge in [0.15, 0.2) is 0 Å². The maximum absolute atomic E-state index is 13.1. The summed E-state index contributed by atoms with van der Waals surface area (Å²) < 4.78 is 17.1. The van der Waals surface area contributed by atoms with E-state index in [1.54, 1.807) is 23.5 Å². The van der Waals surface area contributed by atoms with E-state index in [0.717, 1.165) is 54.4 Å². The van der Waals surface area contributed by atoms with Crippen LogP contribution in [0.25, 0.3) is 11.3 Å². The number of aryl methyl sites for hydroxylation is 1. The Morgan fingerprint density at radius 2 is 1.93 bits per heavy atom. The van der Waals surface area contributed by atoms with Crippen LogP contribution in [0.5, 0.6) is 0 Å². The van der Waals surface area contributed by atoms with E-state index in [4.69, 9.17) is 4.98 Å². The monoisotopic (exact) mass is 431 g/mol. The number of carbonyl (C=O) groups is 1. The van der Waals surface area contributed by atoms with E-state index in [-0.39, 0.29) is 11.7 Å². The quantitative estimate of drug-likeness (QED) is 0.595. The lowest BCUT2D eigenvalue weighted by Crippen LogP contribution is -2.48. The standard InChI is InChI=1S/C20H22FN5OS2/c1-2-3-16-19(29-24-23-16)20(27)26-10-8-25(9-11-26)12-18-22-17(13-28-18)14-4-6-15(21)7-5-14/h4-7,13H,2-3,8-12H2,1H3. The van der Waals surface area contributed by atoms with E-state index < -0.39 is 0 Å². The van der Waals surface area contributed by atoms with Crippen LogP contribution >= 0.6 is 22.9 Å². The molecular formula is C20H22FN5OS2. The number of rotatable bonds is 6. The number of benzene rings is 1. The predicted octanol–water partition coefficient (Wildman–Crippen LogP) is 3.71. The van der Waals surface area contributed by atoms with Crippen molar-refractivity contribution < 1.29 is 9.18 Å². The molecule has 0 spiro atoms. The second-order valence-electron chi connectivity index (χ2n) is 7.00. The Kier molecular flexibility index (Phi) is 6.27. The molecule has 152 valence electrons. The van der Waals surface area contributed by atoms with Crippen molar-refractivity contribution in [2.75, 3.05) is 26.2 Å². The first kappa shape index (κ1) is 20.1. The van der Waals surface area contributed by atoms with Crippen LogP contribution in [0.15, 0.2) is 29.6 Å². The van der Waals surface area contributed by atoms with E-state index in [1.807, 2.05) is 10.3 Å². The summed E-state index contributed by atoms with van der Waals surface area (Å²) in [7, 11) is 0. The molecule has 1 aliphatic heterocycles. The molecule has 1 fully saturated rings. The molecule has 0 saturated carbocycles. The van der Waals surface area contributed by atoms with Crippen molar-refractivity contribution in [3.63, 3.8) is 0 Å². The number of piperazine rings is 1. The highest BCUT2D eigenvalue weighted by molar-refractivity contribution is 7.10. The Morgan fingerprint density at radius 3 is 2.66 bits per heavy atom. The fourth-order valence-electron chi connectivity index (χ4n) is 3.35. The molecular weight excluding hydrogens is 409 g/mol. The molecule has 0 unspecified atom stereocenters. The molecule has 1 amide bonds. The van der Waals surface area contributed by atoms with Gasteiger partial charge in [-0.05, 0) is 42.2 Å². The Labute approximate surface area is 177 Å². The van der Waals surface area contributed by atoms with Gasteiger partial charge in [0.05, 0.1) is 17.9 Å². The molecule has 4 rings (SSSR count). The SMILES string of the molecule is CCCc1nnsc1C(=O)N1CCN(Cc2nc(-c3ccc(F)cc3)cs2)CC1. The van der Waals surface area contributed by atoms with E-state index in [0.29, 0.717) is 18.0 Å². The number of amides is 1. The molecule has 9 heteroatoms. The van der Waals surface area contributed by atoms with Crippen LogP contribution in [-0.4, -0.2) is 56.5 Å². The molecule has 0 radical (unpaired) electrons. The lowest BCUT2D eigenvalue weighted by atomic mass is 10.2. The lowest BCUT2D eigenvalue weighted by Gasteiger charge is -2.34. The van der Waals surface area contributed by atoms with Crippen LogP contribution in [0.4, 0.5) is 4.39 Å². The average molecular weight is 432 g/mol. The molecule has 1 aromatic carbocycles. The van der Waals surface area contributed by atoms with Crippen LogP contribution in [0.2, 0.25) is 0 Å². The third-order valence-electron chi connectivity index (χ3n) is 4.95. The molecule has 1 saturated heterocycles. The summed E-state index contributed by atoms with van der Waals surface area (Å²) in [6.45, 7) is 5.85. The third kappa shape index (κ3) is 4.68. The fourth-order valence-corrected chi connectivity index (χ4v) is 4.87. The first-order chi connectivity index (χ1) is 14.1. The summed E-state index contributed by atoms with van der Waals surface area (Å²) in [6.07, 6.45) is 1.74. The summed E-state index contributed by atoms with van der Waals surface area (Å²) in [5, 5.41) is 7.14. The van der Waals surface area contributed by atoms with Crippen LogP contribution < -0.4 is 0 Å². The molecule has 0 bridgehead atoms. The van der Waals surface area contributed by atoms with Gasteiger partial charge in [0, 0.05) is 37.1 Å². The first-order valence-electron chi connectivity index (χ1n) is 9.67. The van der Waals surface area contributed by atoms with Crippen molar-refractivity contribution in [3.8, 4) is 11.3 Å². The van der Waals surface area contributed by atoms with Gasteiger partial charge < -0.3 is 4.90 Å². The highest BCUT2D eigenvalue weighted by Crippen LogP contribution is 2.24. The molecule has 0 aliphatic carbocycles. The maximum atomic E-state index is 13.1. The van der Waals surface area contributed by atoms with Crippen molar-refractivity contribution in [1.29, 1.82) is 0 Å². The number of hydrogen-bond donors (Lipinski definition) is 0. The van der Waals surface area contributed by atoms with Crippen LogP contribution in [0.3, 0.4) is 0 Å². The van der Waals surface area contributed by atoms with E-state index in [2.05, 4.69) is 21.4 Å². The molecule has 0 N–H and O–H groups in total. The van der Waals surface area contributed by atoms with Gasteiger partial charge in [-0.25, -0.2) is 9.37 Å². The van der Waals surface area contributed by atoms with Crippen molar-refractivity contribution in [1.82, 2.24) is 24.4 Å². The largest absolute Gasteiger partial charge is 0.335 e.